The van der Waals surface area contributed by atoms with Crippen molar-refractivity contribution in [3.05, 3.63) is 119 Å². The van der Waals surface area contributed by atoms with Crippen molar-refractivity contribution in [2.45, 2.75) is 40.2 Å². The van der Waals surface area contributed by atoms with Crippen LogP contribution in [0.2, 0.25) is 5.02 Å². The van der Waals surface area contributed by atoms with Gasteiger partial charge < -0.3 is 14.2 Å². The molecule has 0 N–H and O–H groups in total. The average molecular weight is 720 g/mol. The smallest absolute Gasteiger partial charge is 0.282 e. The highest BCUT2D eigenvalue weighted by Gasteiger charge is 2.20. The standard InChI is InChI=1S/C35H32BrClN4O6/c1-6-46-29-15-21(4)27(17-26(29)20(2)3)34-39-28-10-8-7-9-25(28)35(42)40(34)38-18-23-16-30(45-5)33(32(37)31(23)36)47-19-22-11-13-24(14-12-22)41(43)44/h7-18,20H,6,19H2,1-5H3. The molecule has 5 aromatic rings. The Morgan fingerprint density at radius 3 is 2.47 bits per heavy atom. The van der Waals surface area contributed by atoms with Crippen molar-refractivity contribution in [2.75, 3.05) is 13.7 Å². The Morgan fingerprint density at radius 1 is 1.09 bits per heavy atom. The SMILES string of the molecule is CCOc1cc(C)c(-c2nc3ccccc3c(=O)n2N=Cc2cc(OC)c(OCc3ccc([N+](=O)[O-])cc3)c(Cl)c2Br)cc1C(C)C. The van der Waals surface area contributed by atoms with Gasteiger partial charge in [0.2, 0.25) is 0 Å². The molecular formula is C35H32BrClN4O6. The third kappa shape index (κ3) is 7.01. The van der Waals surface area contributed by atoms with Crippen LogP contribution in [0, 0.1) is 17.0 Å². The van der Waals surface area contributed by atoms with E-state index in [-0.39, 0.29) is 34.5 Å². The highest BCUT2D eigenvalue weighted by atomic mass is 79.9. The Morgan fingerprint density at radius 2 is 1.81 bits per heavy atom. The van der Waals surface area contributed by atoms with E-state index in [0.29, 0.717) is 44.7 Å². The average Bonchev–Trinajstić information content (AvgIpc) is 3.05. The second kappa shape index (κ2) is 14.4. The van der Waals surface area contributed by atoms with Crippen LogP contribution in [0.15, 0.2) is 81.1 Å². The fourth-order valence-electron chi connectivity index (χ4n) is 5.05. The van der Waals surface area contributed by atoms with Gasteiger partial charge in [0.25, 0.3) is 11.2 Å². The van der Waals surface area contributed by atoms with Gasteiger partial charge in [0.15, 0.2) is 17.3 Å². The number of nitro benzene ring substituents is 1. The van der Waals surface area contributed by atoms with Crippen LogP contribution in [-0.2, 0) is 6.61 Å². The first-order valence-electron chi connectivity index (χ1n) is 14.8. The van der Waals surface area contributed by atoms with Crippen LogP contribution in [0.5, 0.6) is 17.2 Å². The fraction of sp³-hybridized carbons (Fsp3) is 0.229. The van der Waals surface area contributed by atoms with E-state index in [1.165, 1.54) is 30.1 Å². The molecule has 242 valence electrons. The van der Waals surface area contributed by atoms with Crippen molar-refractivity contribution < 1.29 is 19.1 Å². The highest BCUT2D eigenvalue weighted by molar-refractivity contribution is 9.10. The molecule has 1 heterocycles. The van der Waals surface area contributed by atoms with E-state index in [4.69, 9.17) is 30.8 Å². The van der Waals surface area contributed by atoms with Crippen molar-refractivity contribution in [1.29, 1.82) is 0 Å². The minimum Gasteiger partial charge on any atom is -0.494 e. The zero-order valence-corrected chi connectivity index (χ0v) is 28.8. The normalized spacial score (nSPS) is 11.4. The summed E-state index contributed by atoms with van der Waals surface area (Å²) < 4.78 is 19.3. The first-order valence-corrected chi connectivity index (χ1v) is 16.0. The Hall–Kier alpha value is -4.74. The zero-order valence-electron chi connectivity index (χ0n) is 26.4. The van der Waals surface area contributed by atoms with E-state index in [9.17, 15) is 14.9 Å². The summed E-state index contributed by atoms with van der Waals surface area (Å²) in [5.41, 5.74) is 4.05. The molecule has 0 atom stereocenters. The third-order valence-corrected chi connectivity index (χ3v) is 8.94. The Labute approximate surface area is 284 Å². The number of fused-ring (bicyclic) bond motifs is 1. The van der Waals surface area contributed by atoms with Crippen LogP contribution in [0.4, 0.5) is 5.69 Å². The summed E-state index contributed by atoms with van der Waals surface area (Å²) in [6, 6.07) is 18.9. The molecule has 0 bridgehead atoms. The van der Waals surface area contributed by atoms with E-state index in [2.05, 4.69) is 34.9 Å². The number of nitro groups is 1. The number of halogens is 2. The molecule has 0 radical (unpaired) electrons. The van der Waals surface area contributed by atoms with Crippen molar-refractivity contribution >= 4 is 50.3 Å². The molecule has 10 nitrogen and oxygen atoms in total. The van der Waals surface area contributed by atoms with Crippen LogP contribution in [0.1, 0.15) is 48.9 Å². The van der Waals surface area contributed by atoms with Gasteiger partial charge in [-0.3, -0.25) is 14.9 Å². The molecule has 0 saturated carbocycles. The molecular weight excluding hydrogens is 688 g/mol. The highest BCUT2D eigenvalue weighted by Crippen LogP contribution is 2.42. The molecule has 47 heavy (non-hydrogen) atoms. The molecule has 0 spiro atoms. The van der Waals surface area contributed by atoms with Gasteiger partial charge >= 0.3 is 0 Å². The van der Waals surface area contributed by atoms with Crippen LogP contribution in [0.25, 0.3) is 22.3 Å². The van der Waals surface area contributed by atoms with Gasteiger partial charge in [0.05, 0.1) is 35.8 Å². The summed E-state index contributed by atoms with van der Waals surface area (Å²) >= 11 is 10.3. The Bertz CT molecular complexity index is 2060. The first-order chi connectivity index (χ1) is 22.5. The number of ether oxygens (including phenoxy) is 3. The van der Waals surface area contributed by atoms with Crippen LogP contribution >= 0.6 is 27.5 Å². The van der Waals surface area contributed by atoms with Gasteiger partial charge in [-0.25, -0.2) is 4.98 Å². The number of benzene rings is 4. The van der Waals surface area contributed by atoms with Crippen molar-refractivity contribution in [2.24, 2.45) is 5.10 Å². The van der Waals surface area contributed by atoms with Gasteiger partial charge in [0, 0.05) is 27.7 Å². The van der Waals surface area contributed by atoms with Gasteiger partial charge in [-0.15, -0.1) is 0 Å². The maximum absolute atomic E-state index is 13.9. The van der Waals surface area contributed by atoms with Gasteiger partial charge in [-0.05, 0) is 94.9 Å². The number of methoxy groups -OCH3 is 1. The maximum atomic E-state index is 13.9. The second-order valence-corrected chi connectivity index (χ2v) is 12.1. The molecule has 0 aliphatic heterocycles. The Kier molecular flexibility index (Phi) is 10.3. The number of aromatic nitrogens is 2. The quantitative estimate of drug-likeness (QED) is 0.0762. The Balaban J connectivity index is 1.58. The minimum atomic E-state index is -0.463. The van der Waals surface area contributed by atoms with E-state index >= 15 is 0 Å². The molecule has 0 aliphatic rings. The van der Waals surface area contributed by atoms with Crippen LogP contribution in [-0.4, -0.2) is 34.5 Å². The molecule has 4 aromatic carbocycles. The molecule has 5 rings (SSSR count). The third-order valence-electron chi connectivity index (χ3n) is 7.49. The lowest BCUT2D eigenvalue weighted by atomic mass is 9.96. The molecule has 0 saturated heterocycles. The predicted molar refractivity (Wildman–Crippen MR) is 188 cm³/mol. The van der Waals surface area contributed by atoms with Gasteiger partial charge in [-0.1, -0.05) is 37.6 Å². The first kappa shape index (κ1) is 33.6. The van der Waals surface area contributed by atoms with E-state index in [0.717, 1.165) is 22.4 Å². The summed E-state index contributed by atoms with van der Waals surface area (Å²) in [6.45, 7) is 8.70. The summed E-state index contributed by atoms with van der Waals surface area (Å²) in [7, 11) is 1.48. The summed E-state index contributed by atoms with van der Waals surface area (Å²) in [5, 5.41) is 16.3. The predicted octanol–water partition coefficient (Wildman–Crippen LogP) is 8.69. The van der Waals surface area contributed by atoms with E-state index in [1.807, 2.05) is 32.0 Å². The number of non-ortho nitro benzene ring substituents is 1. The molecule has 0 amide bonds. The topological polar surface area (TPSA) is 118 Å². The number of nitrogens with zero attached hydrogens (tertiary/aromatic N) is 4. The van der Waals surface area contributed by atoms with E-state index < -0.39 is 4.92 Å². The number of hydrogen-bond acceptors (Lipinski definition) is 8. The molecule has 1 aromatic heterocycles. The molecule has 12 heteroatoms. The van der Waals surface area contributed by atoms with Crippen LogP contribution in [0.3, 0.4) is 0 Å². The van der Waals surface area contributed by atoms with Crippen molar-refractivity contribution in [3.63, 3.8) is 0 Å². The number of rotatable bonds is 11. The van der Waals surface area contributed by atoms with Crippen molar-refractivity contribution in [3.8, 4) is 28.6 Å². The van der Waals surface area contributed by atoms with E-state index in [1.54, 1.807) is 36.4 Å². The zero-order chi connectivity index (χ0) is 33.8. The number of aryl methyl sites for hydroxylation is 1. The largest absolute Gasteiger partial charge is 0.494 e. The molecule has 0 aliphatic carbocycles. The summed E-state index contributed by atoms with van der Waals surface area (Å²) in [5.74, 6) is 1.93. The fourth-order valence-corrected chi connectivity index (χ4v) is 5.70. The second-order valence-electron chi connectivity index (χ2n) is 10.9. The van der Waals surface area contributed by atoms with Crippen LogP contribution < -0.4 is 19.8 Å². The van der Waals surface area contributed by atoms with Gasteiger partial charge in [-0.2, -0.15) is 9.78 Å². The molecule has 0 fully saturated rings. The molecule has 0 unspecified atom stereocenters. The summed E-state index contributed by atoms with van der Waals surface area (Å²) in [4.78, 5) is 29.3. The minimum absolute atomic E-state index is 0.0160. The van der Waals surface area contributed by atoms with Gasteiger partial charge in [0.1, 0.15) is 17.4 Å². The number of para-hydroxylation sites is 1. The summed E-state index contributed by atoms with van der Waals surface area (Å²) in [6.07, 6.45) is 1.51. The lowest BCUT2D eigenvalue weighted by Gasteiger charge is -2.18. The van der Waals surface area contributed by atoms with Crippen molar-refractivity contribution in [1.82, 2.24) is 9.66 Å². The monoisotopic (exact) mass is 718 g/mol. The lowest BCUT2D eigenvalue weighted by molar-refractivity contribution is -0.384. The lowest BCUT2D eigenvalue weighted by Crippen LogP contribution is -2.21. The maximum Gasteiger partial charge on any atom is 0.282 e. The number of hydrogen-bond donors (Lipinski definition) is 0.